The molecule has 0 aromatic heterocycles. The van der Waals surface area contributed by atoms with Crippen molar-refractivity contribution < 1.29 is 14.6 Å². The van der Waals surface area contributed by atoms with Gasteiger partial charge >= 0.3 is 0 Å². The Kier molecular flexibility index (Phi) is 4.23. The number of para-hydroxylation sites is 2. The molecule has 0 unspecified atom stereocenters. The molecule has 1 fully saturated rings. The number of hydrogen-bond acceptors (Lipinski definition) is 4. The zero-order valence-corrected chi connectivity index (χ0v) is 10.1. The van der Waals surface area contributed by atoms with Crippen LogP contribution in [-0.4, -0.2) is 50.0 Å². The van der Waals surface area contributed by atoms with E-state index in [1.54, 1.807) is 7.11 Å². The Labute approximate surface area is 102 Å². The number of aliphatic hydroxyl groups is 1. The second-order valence-electron chi connectivity index (χ2n) is 4.31. The van der Waals surface area contributed by atoms with Gasteiger partial charge in [-0.15, -0.1) is 0 Å². The first-order chi connectivity index (χ1) is 8.33. The SMILES string of the molecule is COc1ccccc1OCCN1CC(CO)C1. The van der Waals surface area contributed by atoms with Crippen molar-refractivity contribution in [3.8, 4) is 11.5 Å². The summed E-state index contributed by atoms with van der Waals surface area (Å²) in [6.45, 7) is 3.80. The lowest BCUT2D eigenvalue weighted by Crippen LogP contribution is -2.49. The smallest absolute Gasteiger partial charge is 0.161 e. The van der Waals surface area contributed by atoms with E-state index in [2.05, 4.69) is 4.90 Å². The lowest BCUT2D eigenvalue weighted by molar-refractivity contribution is 0.0436. The molecular weight excluding hydrogens is 218 g/mol. The van der Waals surface area contributed by atoms with Crippen LogP contribution in [0.3, 0.4) is 0 Å². The molecule has 1 aromatic rings. The van der Waals surface area contributed by atoms with Crippen LogP contribution in [0.4, 0.5) is 0 Å². The van der Waals surface area contributed by atoms with Crippen LogP contribution in [0.15, 0.2) is 24.3 Å². The lowest BCUT2D eigenvalue weighted by Gasteiger charge is -2.38. The van der Waals surface area contributed by atoms with Gasteiger partial charge in [0.25, 0.3) is 0 Å². The Balaban J connectivity index is 1.71. The molecule has 0 spiro atoms. The van der Waals surface area contributed by atoms with E-state index in [0.29, 0.717) is 19.1 Å². The third-order valence-corrected chi connectivity index (χ3v) is 3.03. The number of aliphatic hydroxyl groups excluding tert-OH is 1. The van der Waals surface area contributed by atoms with E-state index in [9.17, 15) is 0 Å². The van der Waals surface area contributed by atoms with Crippen molar-refractivity contribution in [2.45, 2.75) is 0 Å². The molecule has 4 nitrogen and oxygen atoms in total. The van der Waals surface area contributed by atoms with Gasteiger partial charge in [0.2, 0.25) is 0 Å². The van der Waals surface area contributed by atoms with Gasteiger partial charge in [0.1, 0.15) is 6.61 Å². The lowest BCUT2D eigenvalue weighted by atomic mass is 10.0. The minimum atomic E-state index is 0.296. The molecule has 4 heteroatoms. The molecule has 0 atom stereocenters. The molecule has 0 saturated carbocycles. The Morgan fingerprint density at radius 3 is 2.65 bits per heavy atom. The number of benzene rings is 1. The van der Waals surface area contributed by atoms with Crippen LogP contribution in [-0.2, 0) is 0 Å². The highest BCUT2D eigenvalue weighted by atomic mass is 16.5. The largest absolute Gasteiger partial charge is 0.493 e. The van der Waals surface area contributed by atoms with Crippen molar-refractivity contribution >= 4 is 0 Å². The van der Waals surface area contributed by atoms with Crippen LogP contribution in [0.25, 0.3) is 0 Å². The summed E-state index contributed by atoms with van der Waals surface area (Å²) in [6.07, 6.45) is 0. The maximum Gasteiger partial charge on any atom is 0.161 e. The fourth-order valence-electron chi connectivity index (χ4n) is 2.00. The van der Waals surface area contributed by atoms with Crippen LogP contribution in [0, 0.1) is 5.92 Å². The molecule has 1 aliphatic heterocycles. The molecule has 1 aromatic carbocycles. The number of rotatable bonds is 6. The highest BCUT2D eigenvalue weighted by molar-refractivity contribution is 5.39. The molecule has 94 valence electrons. The van der Waals surface area contributed by atoms with Gasteiger partial charge in [-0.3, -0.25) is 4.90 Å². The molecule has 2 rings (SSSR count). The number of likely N-dealkylation sites (tertiary alicyclic amines) is 1. The summed E-state index contributed by atoms with van der Waals surface area (Å²) in [4.78, 5) is 2.27. The summed E-state index contributed by atoms with van der Waals surface area (Å²) < 4.78 is 10.9. The van der Waals surface area contributed by atoms with Crippen molar-refractivity contribution in [1.82, 2.24) is 4.90 Å². The molecule has 17 heavy (non-hydrogen) atoms. The standard InChI is InChI=1S/C13H19NO3/c1-16-12-4-2-3-5-13(12)17-7-6-14-8-11(9-14)10-15/h2-5,11,15H,6-10H2,1H3. The van der Waals surface area contributed by atoms with Gasteiger partial charge in [-0.25, -0.2) is 0 Å². The summed E-state index contributed by atoms with van der Waals surface area (Å²) in [5.74, 6) is 2.01. The van der Waals surface area contributed by atoms with E-state index in [1.165, 1.54) is 0 Å². The number of nitrogens with zero attached hydrogens (tertiary/aromatic N) is 1. The Morgan fingerprint density at radius 2 is 2.00 bits per heavy atom. The highest BCUT2D eigenvalue weighted by Crippen LogP contribution is 2.25. The second kappa shape index (κ2) is 5.89. The van der Waals surface area contributed by atoms with Crippen molar-refractivity contribution in [3.05, 3.63) is 24.3 Å². The van der Waals surface area contributed by atoms with Crippen molar-refractivity contribution in [3.63, 3.8) is 0 Å². The predicted octanol–water partition coefficient (Wildman–Crippen LogP) is 0.998. The first-order valence-electron chi connectivity index (χ1n) is 5.92. The predicted molar refractivity (Wildman–Crippen MR) is 65.5 cm³/mol. The van der Waals surface area contributed by atoms with Crippen molar-refractivity contribution in [2.24, 2.45) is 5.92 Å². The molecule has 0 amide bonds. The summed E-state index contributed by atoms with van der Waals surface area (Å²) in [6, 6.07) is 7.66. The monoisotopic (exact) mass is 237 g/mol. The molecule has 1 saturated heterocycles. The van der Waals surface area contributed by atoms with E-state index < -0.39 is 0 Å². The second-order valence-corrected chi connectivity index (χ2v) is 4.31. The van der Waals surface area contributed by atoms with Crippen LogP contribution < -0.4 is 9.47 Å². The minimum Gasteiger partial charge on any atom is -0.493 e. The Bertz CT molecular complexity index is 350. The molecule has 1 N–H and O–H groups in total. The molecule has 0 radical (unpaired) electrons. The zero-order chi connectivity index (χ0) is 12.1. The topological polar surface area (TPSA) is 41.9 Å². The van der Waals surface area contributed by atoms with Gasteiger partial charge in [0.05, 0.1) is 7.11 Å². The summed E-state index contributed by atoms with van der Waals surface area (Å²) in [5, 5.41) is 8.90. The third kappa shape index (κ3) is 3.11. The van der Waals surface area contributed by atoms with Crippen LogP contribution in [0.2, 0.25) is 0 Å². The van der Waals surface area contributed by atoms with Crippen molar-refractivity contribution in [1.29, 1.82) is 0 Å². The quantitative estimate of drug-likeness (QED) is 0.801. The molecule has 0 bridgehead atoms. The maximum atomic E-state index is 8.90. The van der Waals surface area contributed by atoms with Gasteiger partial charge in [0.15, 0.2) is 11.5 Å². The van der Waals surface area contributed by atoms with Gasteiger partial charge in [-0.2, -0.15) is 0 Å². The number of methoxy groups -OCH3 is 1. The van der Waals surface area contributed by atoms with E-state index in [-0.39, 0.29) is 0 Å². The molecule has 1 heterocycles. The maximum absolute atomic E-state index is 8.90. The minimum absolute atomic E-state index is 0.296. The normalized spacial score (nSPS) is 16.6. The van der Waals surface area contributed by atoms with E-state index >= 15 is 0 Å². The first-order valence-corrected chi connectivity index (χ1v) is 5.92. The average Bonchev–Trinajstić information content (AvgIpc) is 2.32. The summed E-state index contributed by atoms with van der Waals surface area (Å²) >= 11 is 0. The highest BCUT2D eigenvalue weighted by Gasteiger charge is 2.25. The molecule has 0 aliphatic carbocycles. The van der Waals surface area contributed by atoms with Crippen LogP contribution in [0.5, 0.6) is 11.5 Å². The van der Waals surface area contributed by atoms with E-state index in [0.717, 1.165) is 31.1 Å². The number of hydrogen-bond donors (Lipinski definition) is 1. The fraction of sp³-hybridized carbons (Fsp3) is 0.538. The number of ether oxygens (including phenoxy) is 2. The first kappa shape index (κ1) is 12.2. The van der Waals surface area contributed by atoms with E-state index in [1.807, 2.05) is 24.3 Å². The molecule has 1 aliphatic rings. The van der Waals surface area contributed by atoms with Gasteiger partial charge in [-0.1, -0.05) is 12.1 Å². The Morgan fingerprint density at radius 1 is 1.29 bits per heavy atom. The van der Waals surface area contributed by atoms with Gasteiger partial charge in [-0.05, 0) is 12.1 Å². The Hall–Kier alpha value is -1.26. The zero-order valence-electron chi connectivity index (χ0n) is 10.1. The summed E-state index contributed by atoms with van der Waals surface area (Å²) in [5.41, 5.74) is 0. The van der Waals surface area contributed by atoms with Crippen LogP contribution >= 0.6 is 0 Å². The van der Waals surface area contributed by atoms with E-state index in [4.69, 9.17) is 14.6 Å². The molecular formula is C13H19NO3. The third-order valence-electron chi connectivity index (χ3n) is 3.03. The van der Waals surface area contributed by atoms with Gasteiger partial charge < -0.3 is 14.6 Å². The average molecular weight is 237 g/mol. The fourth-order valence-corrected chi connectivity index (χ4v) is 2.00. The van der Waals surface area contributed by atoms with Gasteiger partial charge in [0, 0.05) is 32.2 Å². The summed E-state index contributed by atoms with van der Waals surface area (Å²) in [7, 11) is 1.64. The van der Waals surface area contributed by atoms with Crippen molar-refractivity contribution in [2.75, 3.05) is 40.0 Å². The van der Waals surface area contributed by atoms with Crippen LogP contribution in [0.1, 0.15) is 0 Å².